The van der Waals surface area contributed by atoms with Gasteiger partial charge in [0.1, 0.15) is 0 Å². The summed E-state index contributed by atoms with van der Waals surface area (Å²) in [4.78, 5) is 18.8. The quantitative estimate of drug-likeness (QED) is 0.797. The van der Waals surface area contributed by atoms with E-state index in [4.69, 9.17) is 0 Å². The maximum Gasteiger partial charge on any atom is 0.233 e. The highest BCUT2D eigenvalue weighted by molar-refractivity contribution is 7.99. The lowest BCUT2D eigenvalue weighted by Gasteiger charge is -2.39. The number of amides is 1. The van der Waals surface area contributed by atoms with E-state index in [-0.39, 0.29) is 5.91 Å². The van der Waals surface area contributed by atoms with E-state index in [9.17, 15) is 4.79 Å². The lowest BCUT2D eigenvalue weighted by molar-refractivity contribution is -0.134. The first-order valence-electron chi connectivity index (χ1n) is 8.31. The third-order valence-electron chi connectivity index (χ3n) is 4.56. The summed E-state index contributed by atoms with van der Waals surface area (Å²) in [5.74, 6) is 1.34. The zero-order valence-electron chi connectivity index (χ0n) is 14.3. The molecule has 0 aromatic carbocycles. The molecule has 2 aromatic rings. The molecule has 128 valence electrons. The van der Waals surface area contributed by atoms with Crippen molar-refractivity contribution in [2.75, 3.05) is 5.75 Å². The van der Waals surface area contributed by atoms with Gasteiger partial charge in [0.2, 0.25) is 5.91 Å². The van der Waals surface area contributed by atoms with Crippen LogP contribution in [0.4, 0.5) is 0 Å². The van der Waals surface area contributed by atoms with Gasteiger partial charge in [-0.25, -0.2) is 0 Å². The van der Waals surface area contributed by atoms with Crippen molar-refractivity contribution < 1.29 is 4.79 Å². The number of likely N-dealkylation sites (tertiary alicyclic amines) is 1. The predicted molar refractivity (Wildman–Crippen MR) is 94.6 cm³/mol. The molecule has 6 nitrogen and oxygen atoms in total. The zero-order valence-corrected chi connectivity index (χ0v) is 15.2. The van der Waals surface area contributed by atoms with Crippen LogP contribution < -0.4 is 0 Å². The van der Waals surface area contributed by atoms with Crippen LogP contribution in [0, 0.1) is 0 Å². The summed E-state index contributed by atoms with van der Waals surface area (Å²) in [5, 5.41) is 9.21. The number of carbonyl (C=O) groups excluding carboxylic acids is 1. The van der Waals surface area contributed by atoms with Gasteiger partial charge in [-0.05, 0) is 45.2 Å². The van der Waals surface area contributed by atoms with Gasteiger partial charge in [-0.2, -0.15) is 0 Å². The lowest BCUT2D eigenvalue weighted by Crippen LogP contribution is -2.48. The van der Waals surface area contributed by atoms with Crippen LogP contribution in [0.2, 0.25) is 0 Å². The molecule has 24 heavy (non-hydrogen) atoms. The second-order valence-electron chi connectivity index (χ2n) is 6.33. The molecule has 0 saturated carbocycles. The van der Waals surface area contributed by atoms with Crippen molar-refractivity contribution in [3.05, 3.63) is 24.5 Å². The van der Waals surface area contributed by atoms with Crippen molar-refractivity contribution in [3.63, 3.8) is 0 Å². The number of pyridine rings is 1. The van der Waals surface area contributed by atoms with Gasteiger partial charge < -0.3 is 9.47 Å². The molecule has 1 fully saturated rings. The smallest absolute Gasteiger partial charge is 0.233 e. The van der Waals surface area contributed by atoms with Gasteiger partial charge in [-0.1, -0.05) is 11.8 Å². The van der Waals surface area contributed by atoms with E-state index in [1.807, 2.05) is 28.6 Å². The summed E-state index contributed by atoms with van der Waals surface area (Å²) in [6.07, 6.45) is 6.89. The summed E-state index contributed by atoms with van der Waals surface area (Å²) in [7, 11) is 1.92. The Kier molecular flexibility index (Phi) is 5.18. The second-order valence-corrected chi connectivity index (χ2v) is 7.27. The van der Waals surface area contributed by atoms with Gasteiger partial charge in [0, 0.05) is 37.1 Å². The predicted octanol–water partition coefficient (Wildman–Crippen LogP) is 2.76. The Morgan fingerprint density at radius 1 is 1.29 bits per heavy atom. The van der Waals surface area contributed by atoms with Crippen molar-refractivity contribution in [1.29, 1.82) is 0 Å². The van der Waals surface area contributed by atoms with Crippen molar-refractivity contribution in [2.24, 2.45) is 7.05 Å². The van der Waals surface area contributed by atoms with Gasteiger partial charge in [0.25, 0.3) is 0 Å². The highest BCUT2D eigenvalue weighted by Gasteiger charge is 2.29. The standard InChI is InChI=1S/C17H23N5OS/c1-12-6-4-7-13(2)22(12)15(23)11-24-17-20-19-16(21(17)3)14-8-5-9-18-10-14/h5,8-10,12-13H,4,6-7,11H2,1-3H3/t12-,13-/m0/s1. The van der Waals surface area contributed by atoms with Crippen LogP contribution in [-0.2, 0) is 11.8 Å². The summed E-state index contributed by atoms with van der Waals surface area (Å²) >= 11 is 1.45. The van der Waals surface area contributed by atoms with Crippen LogP contribution in [0.1, 0.15) is 33.1 Å². The molecule has 3 rings (SSSR count). The minimum atomic E-state index is 0.186. The van der Waals surface area contributed by atoms with Crippen molar-refractivity contribution in [2.45, 2.75) is 50.4 Å². The fourth-order valence-electron chi connectivity index (χ4n) is 3.30. The number of thioether (sulfide) groups is 1. The summed E-state index contributed by atoms with van der Waals surface area (Å²) in [6, 6.07) is 4.48. The Bertz CT molecular complexity index is 692. The summed E-state index contributed by atoms with van der Waals surface area (Å²) in [5.41, 5.74) is 0.920. The molecule has 0 bridgehead atoms. The van der Waals surface area contributed by atoms with E-state index >= 15 is 0 Å². The number of hydrogen-bond donors (Lipinski definition) is 0. The molecule has 0 aliphatic carbocycles. The molecule has 1 amide bonds. The monoisotopic (exact) mass is 345 g/mol. The number of hydrogen-bond acceptors (Lipinski definition) is 5. The normalized spacial score (nSPS) is 21.0. The van der Waals surface area contributed by atoms with Crippen molar-refractivity contribution in [1.82, 2.24) is 24.6 Å². The van der Waals surface area contributed by atoms with Crippen LogP contribution in [0.3, 0.4) is 0 Å². The van der Waals surface area contributed by atoms with E-state index < -0.39 is 0 Å². The largest absolute Gasteiger partial charge is 0.337 e. The Morgan fingerprint density at radius 3 is 2.71 bits per heavy atom. The molecule has 0 unspecified atom stereocenters. The first-order chi connectivity index (χ1) is 11.6. The minimum Gasteiger partial charge on any atom is -0.337 e. The van der Waals surface area contributed by atoms with E-state index in [0.29, 0.717) is 17.8 Å². The van der Waals surface area contributed by atoms with Gasteiger partial charge in [0.05, 0.1) is 5.75 Å². The molecule has 0 radical (unpaired) electrons. The van der Waals surface area contributed by atoms with Gasteiger partial charge in [-0.3, -0.25) is 9.78 Å². The first-order valence-corrected chi connectivity index (χ1v) is 9.30. The average Bonchev–Trinajstić information content (AvgIpc) is 2.94. The molecule has 0 N–H and O–H groups in total. The van der Waals surface area contributed by atoms with Crippen LogP contribution in [0.5, 0.6) is 0 Å². The van der Waals surface area contributed by atoms with Gasteiger partial charge in [0.15, 0.2) is 11.0 Å². The first kappa shape index (κ1) is 17.0. The average molecular weight is 345 g/mol. The fourth-order valence-corrected chi connectivity index (χ4v) is 4.08. The molecule has 3 heterocycles. The molecular formula is C17H23N5OS. The van der Waals surface area contributed by atoms with Gasteiger partial charge >= 0.3 is 0 Å². The molecule has 2 aromatic heterocycles. The number of piperidine rings is 1. The molecule has 7 heteroatoms. The SMILES string of the molecule is C[C@H]1CCC[C@H](C)N1C(=O)CSc1nnc(-c2cccnc2)n1C. The minimum absolute atomic E-state index is 0.186. The Hall–Kier alpha value is -1.89. The fraction of sp³-hybridized carbons (Fsp3) is 0.529. The van der Waals surface area contributed by atoms with E-state index in [1.165, 1.54) is 18.2 Å². The van der Waals surface area contributed by atoms with E-state index in [2.05, 4.69) is 29.0 Å². The van der Waals surface area contributed by atoms with Crippen molar-refractivity contribution >= 4 is 17.7 Å². The summed E-state index contributed by atoms with van der Waals surface area (Å²) < 4.78 is 1.91. The van der Waals surface area contributed by atoms with Crippen LogP contribution >= 0.6 is 11.8 Å². The highest BCUT2D eigenvalue weighted by Crippen LogP contribution is 2.26. The number of rotatable bonds is 4. The maximum absolute atomic E-state index is 12.6. The van der Waals surface area contributed by atoms with Crippen LogP contribution in [-0.4, -0.2) is 48.4 Å². The van der Waals surface area contributed by atoms with Crippen LogP contribution in [0.15, 0.2) is 29.7 Å². The lowest BCUT2D eigenvalue weighted by atomic mass is 9.98. The van der Waals surface area contributed by atoms with E-state index in [1.54, 1.807) is 12.4 Å². The Labute approximate surface area is 146 Å². The number of carbonyl (C=O) groups is 1. The Balaban J connectivity index is 1.67. The zero-order chi connectivity index (χ0) is 17.1. The van der Waals surface area contributed by atoms with E-state index in [0.717, 1.165) is 29.4 Å². The molecule has 0 spiro atoms. The number of nitrogens with zero attached hydrogens (tertiary/aromatic N) is 5. The van der Waals surface area contributed by atoms with Gasteiger partial charge in [-0.15, -0.1) is 10.2 Å². The third-order valence-corrected chi connectivity index (χ3v) is 5.57. The van der Waals surface area contributed by atoms with Crippen LogP contribution in [0.25, 0.3) is 11.4 Å². The maximum atomic E-state index is 12.6. The molecule has 1 aliphatic rings. The van der Waals surface area contributed by atoms with Crippen molar-refractivity contribution in [3.8, 4) is 11.4 Å². The molecule has 2 atom stereocenters. The third kappa shape index (κ3) is 3.45. The number of aromatic nitrogens is 4. The topological polar surface area (TPSA) is 63.9 Å². The molecule has 1 saturated heterocycles. The molecule has 1 aliphatic heterocycles. The Morgan fingerprint density at radius 2 is 2.04 bits per heavy atom. The molecular weight excluding hydrogens is 322 g/mol. The summed E-state index contributed by atoms with van der Waals surface area (Å²) in [6.45, 7) is 4.28. The second kappa shape index (κ2) is 7.34. The highest BCUT2D eigenvalue weighted by atomic mass is 32.2.